The summed E-state index contributed by atoms with van der Waals surface area (Å²) in [6.07, 6.45) is -3.58. The molecule has 69 heavy (non-hydrogen) atoms. The van der Waals surface area contributed by atoms with Crippen LogP contribution in [-0.4, -0.2) is 95.3 Å². The molecule has 1 saturated heterocycles. The van der Waals surface area contributed by atoms with E-state index in [0.29, 0.717) is 36.5 Å². The monoisotopic (exact) mass is 958 g/mol. The average Bonchev–Trinajstić information content (AvgIpc) is 3.92. The van der Waals surface area contributed by atoms with Gasteiger partial charge in [0.1, 0.15) is 36.3 Å². The molecule has 18 heteroatoms. The van der Waals surface area contributed by atoms with Crippen LogP contribution in [0.25, 0.3) is 11.3 Å². The van der Waals surface area contributed by atoms with Gasteiger partial charge < -0.3 is 44.6 Å². The predicted octanol–water partition coefficient (Wildman–Crippen LogP) is 7.14. The van der Waals surface area contributed by atoms with Crippen LogP contribution in [0.5, 0.6) is 11.5 Å². The number of aliphatic hydroxyl groups is 1. The van der Waals surface area contributed by atoms with Gasteiger partial charge in [-0.3, -0.25) is 19.2 Å². The highest BCUT2D eigenvalue weighted by Crippen LogP contribution is 2.56. The summed E-state index contributed by atoms with van der Waals surface area (Å²) in [5.41, 5.74) is -0.783. The maximum atomic E-state index is 14.0. The van der Waals surface area contributed by atoms with Gasteiger partial charge in [-0.15, -0.1) is 0 Å². The quantitative estimate of drug-likeness (QED) is 0.0738. The lowest BCUT2D eigenvalue weighted by atomic mass is 9.49. The van der Waals surface area contributed by atoms with E-state index >= 15 is 0 Å². The number of benzene rings is 3. The van der Waals surface area contributed by atoms with E-state index in [0.717, 1.165) is 29.0 Å². The van der Waals surface area contributed by atoms with E-state index in [9.17, 15) is 37.5 Å². The summed E-state index contributed by atoms with van der Waals surface area (Å²) in [4.78, 5) is 59.2. The number of nitriles is 1. The van der Waals surface area contributed by atoms with Gasteiger partial charge in [-0.25, -0.2) is 4.98 Å². The van der Waals surface area contributed by atoms with E-state index in [1.54, 1.807) is 51.1 Å². The number of alkyl halides is 3. The minimum Gasteiger partial charge on any atom is -0.494 e. The van der Waals surface area contributed by atoms with Crippen molar-refractivity contribution in [3.8, 4) is 28.9 Å². The standard InChI is InChI=1S/C51H61F3N6O9/c1-30-41(68-29-57-30)32-13-11-31(12-14-32)26-56-44(64)39-23-35(61)27-60(39)45(65)42(48(2,3)4)58-40(62)28-66-21-9-10-22-67-36-18-15-33(16-19-36)43(63)59-46-49(5,6)47(50(46,7)8)69-37-20-17-34(25-55)38(24-37)51(52,53)54/h11-20,24,29,35,39,42,46-47,61H,9-10,21-23,26-28H2,1-8H3,(H,56,64)(H,58,62)(H,59,63)/t35-,39+,42?,46-,47-/m1/s1. The molecule has 6 rings (SSSR count). The number of likely N-dealkylation sites (tertiary alicyclic amines) is 1. The number of hydrogen-bond donors (Lipinski definition) is 4. The number of aryl methyl sites for hydroxylation is 1. The number of amides is 4. The molecule has 4 amide bonds. The van der Waals surface area contributed by atoms with Crippen molar-refractivity contribution in [3.63, 3.8) is 0 Å². The van der Waals surface area contributed by atoms with E-state index in [-0.39, 0.29) is 50.4 Å². The van der Waals surface area contributed by atoms with Gasteiger partial charge in [0, 0.05) is 54.1 Å². The first-order chi connectivity index (χ1) is 32.4. The summed E-state index contributed by atoms with van der Waals surface area (Å²) in [7, 11) is 0. The number of aromatic nitrogens is 1. The van der Waals surface area contributed by atoms with Crippen LogP contribution in [0.2, 0.25) is 0 Å². The first kappa shape index (κ1) is 51.9. The summed E-state index contributed by atoms with van der Waals surface area (Å²) in [6.45, 7) is 15.2. The number of nitrogens with zero attached hydrogens (tertiary/aromatic N) is 3. The molecular weight excluding hydrogens is 898 g/mol. The molecule has 0 spiro atoms. The third-order valence-electron chi connectivity index (χ3n) is 12.8. The molecule has 1 aliphatic carbocycles. The number of nitrogens with one attached hydrogen (secondary N) is 3. The fraction of sp³-hybridized carbons (Fsp3) is 0.490. The topological polar surface area (TPSA) is 205 Å². The summed E-state index contributed by atoms with van der Waals surface area (Å²) in [5.74, 6) is -0.542. The molecule has 2 aliphatic rings. The Hall–Kier alpha value is -6.45. The van der Waals surface area contributed by atoms with Crippen LogP contribution in [0, 0.1) is 34.5 Å². The molecular formula is C51H61F3N6O9. The van der Waals surface area contributed by atoms with E-state index in [1.807, 2.05) is 58.9 Å². The number of halogens is 3. The molecule has 2 heterocycles. The van der Waals surface area contributed by atoms with Crippen molar-refractivity contribution < 1.29 is 56.1 Å². The molecule has 4 N–H and O–H groups in total. The smallest absolute Gasteiger partial charge is 0.417 e. The number of unbranched alkanes of at least 4 members (excludes halogenated alkanes) is 1. The number of β-amino-alcohol motifs (C(OH)–C–C–N with tert-alkyl or cyclic N) is 1. The van der Waals surface area contributed by atoms with Gasteiger partial charge in [0.15, 0.2) is 12.2 Å². The van der Waals surface area contributed by atoms with E-state index in [1.165, 1.54) is 17.4 Å². The fourth-order valence-electron chi connectivity index (χ4n) is 9.43. The van der Waals surface area contributed by atoms with Gasteiger partial charge in [-0.05, 0) is 73.2 Å². The number of hydrogen-bond acceptors (Lipinski definition) is 11. The first-order valence-electron chi connectivity index (χ1n) is 22.9. The first-order valence-corrected chi connectivity index (χ1v) is 22.9. The van der Waals surface area contributed by atoms with Gasteiger partial charge in [0.05, 0.1) is 35.6 Å². The molecule has 1 saturated carbocycles. The van der Waals surface area contributed by atoms with Crippen molar-refractivity contribution in [3.05, 3.63) is 101 Å². The lowest BCUT2D eigenvalue weighted by Gasteiger charge is -2.63. The van der Waals surface area contributed by atoms with Crippen LogP contribution in [0.15, 0.2) is 77.5 Å². The van der Waals surface area contributed by atoms with E-state index in [4.69, 9.17) is 23.9 Å². The lowest BCUT2D eigenvalue weighted by molar-refractivity contribution is -0.164. The van der Waals surface area contributed by atoms with Crippen molar-refractivity contribution in [2.24, 2.45) is 16.2 Å². The molecule has 3 aromatic carbocycles. The molecule has 1 aliphatic heterocycles. The Morgan fingerprint density at radius 3 is 2.22 bits per heavy atom. The molecule has 3 atom stereocenters. The number of aliphatic hydroxyl groups excluding tert-OH is 1. The van der Waals surface area contributed by atoms with Crippen LogP contribution in [0.4, 0.5) is 13.2 Å². The van der Waals surface area contributed by atoms with Gasteiger partial charge in [-0.1, -0.05) is 72.7 Å². The number of ether oxygens (including phenoxy) is 3. The maximum Gasteiger partial charge on any atom is 0.417 e. The number of carbonyl (C=O) groups excluding carboxylic acids is 4. The van der Waals surface area contributed by atoms with Crippen LogP contribution in [-0.2, 0) is 31.8 Å². The Morgan fingerprint density at radius 1 is 0.957 bits per heavy atom. The van der Waals surface area contributed by atoms with Gasteiger partial charge in [0.2, 0.25) is 17.7 Å². The van der Waals surface area contributed by atoms with Crippen molar-refractivity contribution in [2.45, 2.75) is 118 Å². The summed E-state index contributed by atoms with van der Waals surface area (Å²) in [6, 6.07) is 16.6. The van der Waals surface area contributed by atoms with Crippen molar-refractivity contribution in [2.75, 3.05) is 26.4 Å². The van der Waals surface area contributed by atoms with Crippen molar-refractivity contribution >= 4 is 23.6 Å². The van der Waals surface area contributed by atoms with Gasteiger partial charge in [0.25, 0.3) is 5.91 Å². The third-order valence-corrected chi connectivity index (χ3v) is 12.8. The molecule has 1 aromatic heterocycles. The summed E-state index contributed by atoms with van der Waals surface area (Å²) in [5, 5.41) is 28.4. The SMILES string of the molecule is Cc1ncoc1-c1ccc(CNC(=O)[C@@H]2C[C@@H](O)CN2C(=O)C(NC(=O)COCCCCOc2ccc(C(=O)N[C@H]3C(C)(C)[C@H](Oc4ccc(C#N)c(C(F)(F)F)c4)C3(C)C)cc2)C(C)(C)C)cc1. The zero-order valence-corrected chi connectivity index (χ0v) is 40.2. The van der Waals surface area contributed by atoms with Crippen molar-refractivity contribution in [1.82, 2.24) is 25.8 Å². The zero-order chi connectivity index (χ0) is 50.5. The Labute approximate surface area is 400 Å². The molecule has 15 nitrogen and oxygen atoms in total. The van der Waals surface area contributed by atoms with Crippen LogP contribution in [0.3, 0.4) is 0 Å². The third kappa shape index (κ3) is 12.2. The second-order valence-electron chi connectivity index (χ2n) is 19.9. The number of oxazole rings is 1. The summed E-state index contributed by atoms with van der Waals surface area (Å²) >= 11 is 0. The van der Waals surface area contributed by atoms with Crippen LogP contribution in [0.1, 0.15) is 100 Å². The predicted molar refractivity (Wildman–Crippen MR) is 247 cm³/mol. The maximum absolute atomic E-state index is 14.0. The highest BCUT2D eigenvalue weighted by Gasteiger charge is 2.64. The highest BCUT2D eigenvalue weighted by molar-refractivity contribution is 5.95. The normalized spacial score (nSPS) is 20.0. The Bertz CT molecular complexity index is 2500. The van der Waals surface area contributed by atoms with E-state index < -0.39 is 75.6 Å². The highest BCUT2D eigenvalue weighted by atomic mass is 19.4. The van der Waals surface area contributed by atoms with E-state index in [2.05, 4.69) is 20.9 Å². The fourth-order valence-corrected chi connectivity index (χ4v) is 9.43. The van der Waals surface area contributed by atoms with Gasteiger partial charge >= 0.3 is 6.18 Å². The second kappa shape index (κ2) is 21.0. The van der Waals surface area contributed by atoms with Crippen molar-refractivity contribution in [1.29, 1.82) is 5.26 Å². The number of carbonyl (C=O) groups is 4. The molecule has 0 bridgehead atoms. The minimum absolute atomic E-state index is 0.0156. The Kier molecular flexibility index (Phi) is 15.8. The lowest BCUT2D eigenvalue weighted by Crippen LogP contribution is -2.74. The number of rotatable bonds is 18. The van der Waals surface area contributed by atoms with Crippen LogP contribution >= 0.6 is 0 Å². The van der Waals surface area contributed by atoms with Crippen LogP contribution < -0.4 is 25.4 Å². The molecule has 370 valence electrons. The molecule has 4 aromatic rings. The largest absolute Gasteiger partial charge is 0.494 e. The summed E-state index contributed by atoms with van der Waals surface area (Å²) < 4.78 is 63.8. The zero-order valence-electron chi connectivity index (χ0n) is 40.2. The molecule has 0 radical (unpaired) electrons. The molecule has 1 unspecified atom stereocenters. The second-order valence-corrected chi connectivity index (χ2v) is 19.9. The molecule has 2 fully saturated rings. The Morgan fingerprint density at radius 2 is 1.61 bits per heavy atom. The van der Waals surface area contributed by atoms with Gasteiger partial charge in [-0.2, -0.15) is 18.4 Å². The Balaban J connectivity index is 0.903. The average molecular weight is 959 g/mol. The minimum atomic E-state index is -4.72.